The van der Waals surface area contributed by atoms with E-state index < -0.39 is 28.5 Å². The Bertz CT molecular complexity index is 1530. The van der Waals surface area contributed by atoms with Crippen molar-refractivity contribution in [2.24, 2.45) is 0 Å². The highest BCUT2D eigenvalue weighted by Crippen LogP contribution is 2.28. The van der Waals surface area contributed by atoms with Crippen molar-refractivity contribution in [3.05, 3.63) is 87.9 Å². The third kappa shape index (κ3) is 8.22. The maximum Gasteiger partial charge on any atom is 0.264 e. The Morgan fingerprint density at radius 3 is 2.23 bits per heavy atom. The largest absolute Gasteiger partial charge is 0.494 e. The normalized spacial score (nSPS) is 14.3. The van der Waals surface area contributed by atoms with E-state index in [4.69, 9.17) is 27.9 Å². The van der Waals surface area contributed by atoms with Crippen LogP contribution in [-0.2, 0) is 26.2 Å². The number of sulfonamides is 1. The third-order valence-electron chi connectivity index (χ3n) is 7.53. The lowest BCUT2D eigenvalue weighted by molar-refractivity contribution is -0.139. The van der Waals surface area contributed by atoms with Crippen LogP contribution in [0.1, 0.15) is 50.7 Å². The number of rotatable bonds is 12. The number of halogens is 2. The van der Waals surface area contributed by atoms with Gasteiger partial charge < -0.3 is 15.0 Å². The van der Waals surface area contributed by atoms with E-state index in [0.717, 1.165) is 35.6 Å². The first-order valence-corrected chi connectivity index (χ1v) is 16.5. The smallest absolute Gasteiger partial charge is 0.264 e. The number of benzene rings is 3. The molecule has 230 valence electrons. The van der Waals surface area contributed by atoms with Gasteiger partial charge in [0, 0.05) is 12.6 Å². The summed E-state index contributed by atoms with van der Waals surface area (Å²) in [5, 5.41) is 3.73. The standard InChI is InChI=1S/C32H37Cl2N3O5S/c1-4-42-27-14-12-26(13-15-27)37(43(40,41)28-16-9-22(2)10-17-28)21-31(38)36(20-24-11-18-29(33)30(34)19-24)23(3)32(39)35-25-7-5-6-8-25/h9-19,23,25H,4-8,20-21H2,1-3H3,(H,35,39)/t23-/m0/s1. The number of hydrogen-bond donors (Lipinski definition) is 1. The fourth-order valence-corrected chi connectivity index (χ4v) is 6.79. The molecular weight excluding hydrogens is 609 g/mol. The van der Waals surface area contributed by atoms with E-state index in [2.05, 4.69) is 5.32 Å². The molecule has 0 saturated heterocycles. The van der Waals surface area contributed by atoms with Gasteiger partial charge in [-0.2, -0.15) is 0 Å². The molecule has 2 amide bonds. The van der Waals surface area contributed by atoms with Crippen LogP contribution in [-0.4, -0.2) is 50.4 Å². The Balaban J connectivity index is 1.70. The number of carbonyl (C=O) groups excluding carboxylic acids is 2. The molecule has 0 unspecified atom stereocenters. The van der Waals surface area contributed by atoms with Crippen molar-refractivity contribution in [2.45, 2.75) is 70.0 Å². The van der Waals surface area contributed by atoms with Crippen molar-refractivity contribution in [3.8, 4) is 5.75 Å². The predicted octanol–water partition coefficient (Wildman–Crippen LogP) is 6.37. The van der Waals surface area contributed by atoms with Gasteiger partial charge in [-0.3, -0.25) is 13.9 Å². The molecule has 1 N–H and O–H groups in total. The molecule has 8 nitrogen and oxygen atoms in total. The minimum absolute atomic E-state index is 0.0245. The Morgan fingerprint density at radius 2 is 1.63 bits per heavy atom. The average Bonchev–Trinajstić information content (AvgIpc) is 3.50. The second-order valence-corrected chi connectivity index (χ2v) is 13.4. The lowest BCUT2D eigenvalue weighted by atomic mass is 10.1. The first-order valence-electron chi connectivity index (χ1n) is 14.4. The molecule has 1 fully saturated rings. The second-order valence-electron chi connectivity index (χ2n) is 10.7. The van der Waals surface area contributed by atoms with Gasteiger partial charge in [0.25, 0.3) is 10.0 Å². The zero-order chi connectivity index (χ0) is 31.1. The monoisotopic (exact) mass is 645 g/mol. The van der Waals surface area contributed by atoms with Gasteiger partial charge >= 0.3 is 0 Å². The van der Waals surface area contributed by atoms with Crippen molar-refractivity contribution in [1.29, 1.82) is 0 Å². The zero-order valence-corrected chi connectivity index (χ0v) is 26.9. The van der Waals surface area contributed by atoms with Crippen LogP contribution in [0.15, 0.2) is 71.6 Å². The molecule has 1 aliphatic carbocycles. The number of aryl methyl sites for hydroxylation is 1. The molecule has 0 aromatic heterocycles. The molecule has 4 rings (SSSR count). The molecule has 0 heterocycles. The number of ether oxygens (including phenoxy) is 1. The van der Waals surface area contributed by atoms with E-state index >= 15 is 0 Å². The minimum atomic E-state index is -4.17. The summed E-state index contributed by atoms with van der Waals surface area (Å²) in [7, 11) is -4.17. The number of nitrogens with zero attached hydrogens (tertiary/aromatic N) is 2. The van der Waals surface area contributed by atoms with Gasteiger partial charge in [0.15, 0.2) is 0 Å². The molecule has 0 bridgehead atoms. The zero-order valence-electron chi connectivity index (χ0n) is 24.6. The summed E-state index contributed by atoms with van der Waals surface area (Å²) in [6.07, 6.45) is 3.86. The van der Waals surface area contributed by atoms with Gasteiger partial charge in [0.05, 0.1) is 27.2 Å². The summed E-state index contributed by atoms with van der Waals surface area (Å²) in [6.45, 7) is 5.31. The van der Waals surface area contributed by atoms with Gasteiger partial charge in [0.1, 0.15) is 18.3 Å². The molecule has 3 aromatic carbocycles. The summed E-state index contributed by atoms with van der Waals surface area (Å²) < 4.78 is 34.6. The highest BCUT2D eigenvalue weighted by atomic mass is 35.5. The Kier molecular flexibility index (Phi) is 11.0. The van der Waals surface area contributed by atoms with E-state index in [1.165, 1.54) is 17.0 Å². The van der Waals surface area contributed by atoms with E-state index in [1.807, 2.05) is 13.8 Å². The summed E-state index contributed by atoms with van der Waals surface area (Å²) in [5.74, 6) is -0.275. The Hall–Kier alpha value is -3.27. The van der Waals surface area contributed by atoms with Crippen LogP contribution in [0.25, 0.3) is 0 Å². The van der Waals surface area contributed by atoms with Gasteiger partial charge in [-0.25, -0.2) is 8.42 Å². The molecule has 11 heteroatoms. The summed E-state index contributed by atoms with van der Waals surface area (Å²) in [6, 6.07) is 17.1. The minimum Gasteiger partial charge on any atom is -0.494 e. The van der Waals surface area contributed by atoms with Crippen LogP contribution in [0.5, 0.6) is 5.75 Å². The van der Waals surface area contributed by atoms with Crippen molar-refractivity contribution >= 4 is 50.7 Å². The molecule has 1 aliphatic rings. The van der Waals surface area contributed by atoms with Crippen molar-refractivity contribution in [3.63, 3.8) is 0 Å². The lowest BCUT2D eigenvalue weighted by Gasteiger charge is -2.32. The molecule has 43 heavy (non-hydrogen) atoms. The van der Waals surface area contributed by atoms with Crippen LogP contribution in [0.3, 0.4) is 0 Å². The van der Waals surface area contributed by atoms with E-state index in [0.29, 0.717) is 28.0 Å². The number of anilines is 1. The molecule has 0 aliphatic heterocycles. The van der Waals surface area contributed by atoms with Gasteiger partial charge in [-0.05, 0) is 87.7 Å². The van der Waals surface area contributed by atoms with Crippen molar-refractivity contribution in [2.75, 3.05) is 17.5 Å². The Labute approximate surface area is 264 Å². The van der Waals surface area contributed by atoms with E-state index in [1.54, 1.807) is 61.5 Å². The fraction of sp³-hybridized carbons (Fsp3) is 0.375. The number of nitrogens with one attached hydrogen (secondary N) is 1. The molecular formula is C32H37Cl2N3O5S. The topological polar surface area (TPSA) is 96.0 Å². The molecule has 1 atom stereocenters. The van der Waals surface area contributed by atoms with Crippen LogP contribution in [0, 0.1) is 6.92 Å². The first kappa shape index (κ1) is 32.6. The van der Waals surface area contributed by atoms with Gasteiger partial charge in [0.2, 0.25) is 11.8 Å². The number of amides is 2. The van der Waals surface area contributed by atoms with Crippen LogP contribution >= 0.6 is 23.2 Å². The Morgan fingerprint density at radius 1 is 0.977 bits per heavy atom. The molecule has 0 radical (unpaired) electrons. The average molecular weight is 647 g/mol. The summed E-state index contributed by atoms with van der Waals surface area (Å²) >= 11 is 12.4. The van der Waals surface area contributed by atoms with E-state index in [-0.39, 0.29) is 29.1 Å². The van der Waals surface area contributed by atoms with Crippen molar-refractivity contribution < 1.29 is 22.7 Å². The van der Waals surface area contributed by atoms with Gasteiger partial charge in [-0.15, -0.1) is 0 Å². The summed E-state index contributed by atoms with van der Waals surface area (Å²) in [5.41, 5.74) is 1.84. The van der Waals surface area contributed by atoms with Crippen LogP contribution in [0.2, 0.25) is 10.0 Å². The fourth-order valence-electron chi connectivity index (χ4n) is 5.05. The quantitative estimate of drug-likeness (QED) is 0.247. The SMILES string of the molecule is CCOc1ccc(N(CC(=O)N(Cc2ccc(Cl)c(Cl)c2)[C@@H](C)C(=O)NC2CCCC2)S(=O)(=O)c2ccc(C)cc2)cc1. The maximum absolute atomic E-state index is 14.1. The van der Waals surface area contributed by atoms with Crippen LogP contribution in [0.4, 0.5) is 5.69 Å². The predicted molar refractivity (Wildman–Crippen MR) is 170 cm³/mol. The van der Waals surface area contributed by atoms with Crippen LogP contribution < -0.4 is 14.4 Å². The molecule has 1 saturated carbocycles. The van der Waals surface area contributed by atoms with Gasteiger partial charge in [-0.1, -0.05) is 59.8 Å². The highest BCUT2D eigenvalue weighted by Gasteiger charge is 2.33. The lowest BCUT2D eigenvalue weighted by Crippen LogP contribution is -2.52. The third-order valence-corrected chi connectivity index (χ3v) is 10.1. The number of carbonyl (C=O) groups is 2. The molecule has 3 aromatic rings. The first-order chi connectivity index (χ1) is 20.5. The number of hydrogen-bond acceptors (Lipinski definition) is 5. The molecule has 0 spiro atoms. The second kappa shape index (κ2) is 14.5. The highest BCUT2D eigenvalue weighted by molar-refractivity contribution is 7.92. The van der Waals surface area contributed by atoms with Crippen molar-refractivity contribution in [1.82, 2.24) is 10.2 Å². The summed E-state index contributed by atoms with van der Waals surface area (Å²) in [4.78, 5) is 28.9. The van der Waals surface area contributed by atoms with E-state index in [9.17, 15) is 18.0 Å². The maximum atomic E-state index is 14.1.